The van der Waals surface area contributed by atoms with Crippen LogP contribution in [0.15, 0.2) is 0 Å². The van der Waals surface area contributed by atoms with Crippen molar-refractivity contribution in [1.29, 1.82) is 0 Å². The predicted molar refractivity (Wildman–Crippen MR) is 99.6 cm³/mol. The van der Waals surface area contributed by atoms with Gasteiger partial charge in [-0.2, -0.15) is 0 Å². The molecule has 2 atom stereocenters. The zero-order valence-corrected chi connectivity index (χ0v) is 16.2. The predicted octanol–water partition coefficient (Wildman–Crippen LogP) is 6.75. The maximum atomic E-state index is 2.38. The van der Waals surface area contributed by atoms with E-state index in [1.807, 2.05) is 0 Å². The van der Waals surface area contributed by atoms with Crippen LogP contribution in [0.25, 0.3) is 0 Å². The molecule has 0 fully saturated rings. The van der Waals surface area contributed by atoms with Crippen molar-refractivity contribution >= 4 is 35.3 Å². The third-order valence-electron chi connectivity index (χ3n) is 2.92. The summed E-state index contributed by atoms with van der Waals surface area (Å²) in [6, 6.07) is 0. The second kappa shape index (κ2) is 12.8. The number of thioether (sulfide) groups is 3. The molecule has 0 saturated carbocycles. The molecule has 0 rings (SSSR count). The van der Waals surface area contributed by atoms with Gasteiger partial charge >= 0.3 is 0 Å². The number of unbranched alkanes of at least 4 members (excludes halogenated alkanes) is 2. The number of hydrogen-bond donors (Lipinski definition) is 0. The molecule has 3 heteroatoms. The molecule has 0 radical (unpaired) electrons. The highest BCUT2D eigenvalue weighted by atomic mass is 32.2. The van der Waals surface area contributed by atoms with Crippen molar-refractivity contribution in [3.63, 3.8) is 0 Å². The van der Waals surface area contributed by atoms with E-state index in [1.54, 1.807) is 0 Å². The molecule has 0 nitrogen and oxygen atoms in total. The van der Waals surface area contributed by atoms with Crippen LogP contribution in [0.1, 0.15) is 67.2 Å². The van der Waals surface area contributed by atoms with Gasteiger partial charge in [0.1, 0.15) is 0 Å². The molecule has 0 saturated heterocycles. The van der Waals surface area contributed by atoms with Gasteiger partial charge in [-0.3, -0.25) is 0 Å². The first-order chi connectivity index (χ1) is 9.02. The summed E-state index contributed by atoms with van der Waals surface area (Å²) in [6.07, 6.45) is 5.37. The summed E-state index contributed by atoms with van der Waals surface area (Å²) in [7, 11) is 0. The Kier molecular flexibility index (Phi) is 13.5. The summed E-state index contributed by atoms with van der Waals surface area (Å²) < 4.78 is 1.54. The summed E-state index contributed by atoms with van der Waals surface area (Å²) in [5.74, 6) is 4.22. The first kappa shape index (κ1) is 20.1. The van der Waals surface area contributed by atoms with E-state index in [2.05, 4.69) is 76.8 Å². The summed E-state index contributed by atoms with van der Waals surface area (Å²) in [4.78, 5) is 0. The third kappa shape index (κ3) is 10.4. The van der Waals surface area contributed by atoms with Crippen molar-refractivity contribution in [2.75, 3.05) is 11.5 Å². The topological polar surface area (TPSA) is 0 Å². The van der Waals surface area contributed by atoms with Gasteiger partial charge in [0.2, 0.25) is 0 Å². The molecule has 0 spiro atoms. The van der Waals surface area contributed by atoms with Crippen molar-refractivity contribution in [2.24, 2.45) is 11.8 Å². The van der Waals surface area contributed by atoms with E-state index >= 15 is 0 Å². The fraction of sp³-hybridized carbons (Fsp3) is 1.00. The molecule has 0 N–H and O–H groups in total. The van der Waals surface area contributed by atoms with Crippen LogP contribution in [0.5, 0.6) is 0 Å². The Morgan fingerprint density at radius 1 is 0.684 bits per heavy atom. The van der Waals surface area contributed by atoms with Gasteiger partial charge in [-0.15, -0.1) is 35.3 Å². The average Bonchev–Trinajstić information content (AvgIpc) is 2.35. The molecule has 2 unspecified atom stereocenters. The fourth-order valence-corrected chi connectivity index (χ4v) is 6.77. The van der Waals surface area contributed by atoms with Gasteiger partial charge < -0.3 is 0 Å². The molecule has 0 aromatic rings. The fourth-order valence-electron chi connectivity index (χ4n) is 1.60. The zero-order chi connectivity index (χ0) is 14.7. The standard InChI is InChI=1S/C16H34S3/c1-7-9-11-17-15(13(3)4)19-16(14(5)6)18-12-10-8-2/h13-16H,7-12H2,1-6H3. The molecule has 19 heavy (non-hydrogen) atoms. The largest absolute Gasteiger partial charge is 0.147 e. The Hall–Kier alpha value is 1.05. The quantitative estimate of drug-likeness (QED) is 0.288. The van der Waals surface area contributed by atoms with Gasteiger partial charge in [-0.25, -0.2) is 0 Å². The summed E-state index contributed by atoms with van der Waals surface area (Å²) in [6.45, 7) is 14.1. The lowest BCUT2D eigenvalue weighted by Gasteiger charge is -2.27. The van der Waals surface area contributed by atoms with Gasteiger partial charge in [0.15, 0.2) is 0 Å². The molecule has 0 aromatic carbocycles. The van der Waals surface area contributed by atoms with Crippen LogP contribution in [0.2, 0.25) is 0 Å². The second-order valence-electron chi connectivity index (χ2n) is 5.81. The number of rotatable bonds is 12. The van der Waals surface area contributed by atoms with Crippen molar-refractivity contribution in [2.45, 2.75) is 76.4 Å². The normalized spacial score (nSPS) is 15.2. The first-order valence-corrected chi connectivity index (χ1v) is 11.0. The van der Waals surface area contributed by atoms with Crippen LogP contribution >= 0.6 is 35.3 Å². The molecule has 0 amide bonds. The Balaban J connectivity index is 4.22. The average molecular weight is 323 g/mol. The Morgan fingerprint density at radius 3 is 1.32 bits per heavy atom. The molecule has 116 valence electrons. The Labute approximate surface area is 135 Å². The van der Waals surface area contributed by atoms with Gasteiger partial charge in [0, 0.05) is 0 Å². The van der Waals surface area contributed by atoms with Crippen molar-refractivity contribution in [3.05, 3.63) is 0 Å². The third-order valence-corrected chi connectivity index (χ3v) is 8.82. The molecule has 0 aliphatic carbocycles. The molecule has 0 aliphatic rings. The molecular formula is C16H34S3. The zero-order valence-electron chi connectivity index (χ0n) is 13.8. The minimum Gasteiger partial charge on any atom is -0.147 e. The highest BCUT2D eigenvalue weighted by Gasteiger charge is 2.22. The smallest absolute Gasteiger partial charge is 0.0536 e. The maximum absolute atomic E-state index is 2.38. The molecule has 0 heterocycles. The van der Waals surface area contributed by atoms with E-state index in [-0.39, 0.29) is 0 Å². The van der Waals surface area contributed by atoms with Gasteiger partial charge in [0.25, 0.3) is 0 Å². The highest BCUT2D eigenvalue weighted by molar-refractivity contribution is 8.24. The van der Waals surface area contributed by atoms with E-state index in [1.165, 1.54) is 37.2 Å². The number of hydrogen-bond acceptors (Lipinski definition) is 3. The lowest BCUT2D eigenvalue weighted by molar-refractivity contribution is 0.695. The molecule has 0 aromatic heterocycles. The highest BCUT2D eigenvalue weighted by Crippen LogP contribution is 2.41. The molecular weight excluding hydrogens is 288 g/mol. The maximum Gasteiger partial charge on any atom is 0.0536 e. The van der Waals surface area contributed by atoms with E-state index in [4.69, 9.17) is 0 Å². The van der Waals surface area contributed by atoms with Crippen LogP contribution in [0, 0.1) is 11.8 Å². The van der Waals surface area contributed by atoms with Crippen molar-refractivity contribution in [3.8, 4) is 0 Å². The summed E-state index contributed by atoms with van der Waals surface area (Å²) in [5.41, 5.74) is 0. The molecule has 0 aliphatic heterocycles. The van der Waals surface area contributed by atoms with Gasteiger partial charge in [-0.1, -0.05) is 54.4 Å². The first-order valence-electron chi connectivity index (χ1n) is 7.91. The second-order valence-corrected chi connectivity index (χ2v) is 10.2. The molecule has 0 bridgehead atoms. The summed E-state index contributed by atoms with van der Waals surface area (Å²) in [5, 5.41) is 0. The van der Waals surface area contributed by atoms with E-state index < -0.39 is 0 Å². The Bertz CT molecular complexity index is 172. The summed E-state index contributed by atoms with van der Waals surface area (Å²) >= 11 is 6.61. The Morgan fingerprint density at radius 2 is 1.05 bits per heavy atom. The van der Waals surface area contributed by atoms with Gasteiger partial charge in [-0.05, 0) is 36.2 Å². The van der Waals surface area contributed by atoms with Crippen LogP contribution < -0.4 is 0 Å². The van der Waals surface area contributed by atoms with Crippen molar-refractivity contribution < 1.29 is 0 Å². The van der Waals surface area contributed by atoms with Crippen LogP contribution in [-0.4, -0.2) is 20.7 Å². The lowest BCUT2D eigenvalue weighted by Crippen LogP contribution is -2.16. The van der Waals surface area contributed by atoms with Crippen LogP contribution in [-0.2, 0) is 0 Å². The minimum atomic E-state index is 0.771. The lowest BCUT2D eigenvalue weighted by atomic mass is 10.3. The minimum absolute atomic E-state index is 0.771. The van der Waals surface area contributed by atoms with Crippen LogP contribution in [0.4, 0.5) is 0 Å². The van der Waals surface area contributed by atoms with E-state index in [9.17, 15) is 0 Å². The SMILES string of the molecule is CCCCSC(SC(SCCCC)C(C)C)C(C)C. The van der Waals surface area contributed by atoms with E-state index in [0.717, 1.165) is 21.0 Å². The van der Waals surface area contributed by atoms with Gasteiger partial charge in [0.05, 0.1) is 9.16 Å². The monoisotopic (exact) mass is 322 g/mol. The van der Waals surface area contributed by atoms with E-state index in [0.29, 0.717) is 0 Å². The van der Waals surface area contributed by atoms with Crippen molar-refractivity contribution in [1.82, 2.24) is 0 Å². The van der Waals surface area contributed by atoms with Crippen LogP contribution in [0.3, 0.4) is 0 Å².